The van der Waals surface area contributed by atoms with Crippen molar-refractivity contribution in [3.8, 4) is 0 Å². The summed E-state index contributed by atoms with van der Waals surface area (Å²) in [6, 6.07) is 0. The van der Waals surface area contributed by atoms with Crippen LogP contribution < -0.4 is 0 Å². The minimum atomic E-state index is 0.248. The first kappa shape index (κ1) is 8.02. The van der Waals surface area contributed by atoms with Crippen LogP contribution in [0.5, 0.6) is 0 Å². The van der Waals surface area contributed by atoms with Crippen molar-refractivity contribution in [2.24, 2.45) is 0 Å². The van der Waals surface area contributed by atoms with Gasteiger partial charge in [0.05, 0.1) is 0 Å². The van der Waals surface area contributed by atoms with Gasteiger partial charge < -0.3 is 9.47 Å². The van der Waals surface area contributed by atoms with Crippen LogP contribution in [0.3, 0.4) is 0 Å². The number of ether oxygens (including phenoxy) is 2. The van der Waals surface area contributed by atoms with Gasteiger partial charge in [0.15, 0.2) is 22.0 Å². The Kier molecular flexibility index (Phi) is 7.04. The molecule has 48 valence electrons. The van der Waals surface area contributed by atoms with Crippen LogP contribution in [-0.2, 0) is 14.0 Å². The van der Waals surface area contributed by atoms with Crippen LogP contribution >= 0.6 is 8.46 Å². The van der Waals surface area contributed by atoms with Gasteiger partial charge in [-0.15, -0.1) is 0 Å². The Morgan fingerprint density at radius 1 is 1.50 bits per heavy atom. The summed E-state index contributed by atoms with van der Waals surface area (Å²) in [5.41, 5.74) is 0. The van der Waals surface area contributed by atoms with Crippen LogP contribution in [0.1, 0.15) is 6.92 Å². The molecule has 1 fully saturated rings. The summed E-state index contributed by atoms with van der Waals surface area (Å²) >= 11 is 0. The van der Waals surface area contributed by atoms with Crippen molar-refractivity contribution in [3.05, 3.63) is 0 Å². The molecular weight excluding hydrogens is 127 g/mol. The molecule has 1 saturated heterocycles. The van der Waals surface area contributed by atoms with Crippen molar-refractivity contribution < 1.29 is 14.0 Å². The van der Waals surface area contributed by atoms with E-state index in [0.717, 1.165) is 6.16 Å². The van der Waals surface area contributed by atoms with E-state index in [1.54, 1.807) is 0 Å². The highest BCUT2D eigenvalue weighted by molar-refractivity contribution is 7.23. The van der Waals surface area contributed by atoms with E-state index in [1.165, 1.54) is 0 Å². The minimum absolute atomic E-state index is 0.248. The summed E-state index contributed by atoms with van der Waals surface area (Å²) in [6.45, 7) is 2.86. The van der Waals surface area contributed by atoms with Gasteiger partial charge in [0, 0.05) is 6.16 Å². The molecule has 1 aliphatic heterocycles. The third-order valence-corrected chi connectivity index (χ3v) is 0.721. The topological polar surface area (TPSA) is 35.5 Å². The van der Waals surface area contributed by atoms with Gasteiger partial charge in [-0.3, -0.25) is 4.57 Å². The van der Waals surface area contributed by atoms with E-state index < -0.39 is 0 Å². The molecule has 4 heteroatoms. The third-order valence-electron chi connectivity index (χ3n) is 0.462. The molecule has 0 amide bonds. The van der Waals surface area contributed by atoms with E-state index in [9.17, 15) is 4.57 Å². The van der Waals surface area contributed by atoms with E-state index in [-0.39, 0.29) is 8.46 Å². The molecule has 0 unspecified atom stereocenters. The summed E-state index contributed by atoms with van der Waals surface area (Å²) in [5.74, 6) is 0. The highest BCUT2D eigenvalue weighted by atomic mass is 31.1. The number of hydrogen-bond donors (Lipinski definition) is 0. The van der Waals surface area contributed by atoms with Crippen molar-refractivity contribution in [1.29, 1.82) is 0 Å². The molecule has 3 nitrogen and oxygen atoms in total. The molecule has 1 aliphatic rings. The summed E-state index contributed by atoms with van der Waals surface area (Å²) in [5, 5.41) is 0. The lowest BCUT2D eigenvalue weighted by atomic mass is 11.0. The standard InChI is InChI=1S/C2H4O2.C2H5OP/c1-3-2-4-1;1-2-4-3/h1-2H2;2H2,1H3. The van der Waals surface area contributed by atoms with Gasteiger partial charge >= 0.3 is 0 Å². The molecule has 0 aromatic carbocycles. The van der Waals surface area contributed by atoms with Crippen LogP contribution in [0.4, 0.5) is 0 Å². The Morgan fingerprint density at radius 3 is 1.75 bits per heavy atom. The lowest BCUT2D eigenvalue weighted by molar-refractivity contribution is -0.247. The Balaban J connectivity index is 0.000000122. The van der Waals surface area contributed by atoms with E-state index in [4.69, 9.17) is 0 Å². The molecule has 0 radical (unpaired) electrons. The maximum atomic E-state index is 9.27. The predicted octanol–water partition coefficient (Wildman–Crippen LogP) is 1.25. The molecule has 0 N–H and O–H groups in total. The maximum absolute atomic E-state index is 9.27. The molecule has 0 bridgehead atoms. The smallest absolute Gasteiger partial charge is 0.154 e. The summed E-state index contributed by atoms with van der Waals surface area (Å²) in [4.78, 5) is 0. The number of hydrogen-bond acceptors (Lipinski definition) is 3. The molecule has 0 aromatic heterocycles. The van der Waals surface area contributed by atoms with E-state index in [2.05, 4.69) is 9.47 Å². The normalized spacial score (nSPS) is 16.1. The van der Waals surface area contributed by atoms with Crippen LogP contribution in [0.2, 0.25) is 0 Å². The molecular formula is C4H9O3P. The Hall–Kier alpha value is 0.0200. The van der Waals surface area contributed by atoms with Gasteiger partial charge in [0.1, 0.15) is 0 Å². The van der Waals surface area contributed by atoms with E-state index in [1.807, 2.05) is 6.92 Å². The zero-order valence-electron chi connectivity index (χ0n) is 4.79. The van der Waals surface area contributed by atoms with E-state index >= 15 is 0 Å². The molecule has 0 spiro atoms. The maximum Gasteiger partial charge on any atom is 0.154 e. The van der Waals surface area contributed by atoms with Crippen molar-refractivity contribution in [2.75, 3.05) is 19.7 Å². The average Bonchev–Trinajstić information content (AvgIpc) is 1.61. The Morgan fingerprint density at radius 2 is 1.75 bits per heavy atom. The molecule has 1 rings (SSSR count). The molecule has 0 aliphatic carbocycles. The van der Waals surface area contributed by atoms with Gasteiger partial charge in [-0.1, -0.05) is 6.92 Å². The van der Waals surface area contributed by atoms with Crippen LogP contribution in [0.25, 0.3) is 0 Å². The quantitative estimate of drug-likeness (QED) is 0.509. The van der Waals surface area contributed by atoms with Crippen LogP contribution in [0, 0.1) is 0 Å². The SMILES string of the molecule is C1OCO1.CCP=O. The summed E-state index contributed by atoms with van der Waals surface area (Å²) < 4.78 is 18.3. The first-order valence-corrected chi connectivity index (χ1v) is 3.36. The predicted molar refractivity (Wildman–Crippen MR) is 30.1 cm³/mol. The zero-order valence-corrected chi connectivity index (χ0v) is 5.69. The van der Waals surface area contributed by atoms with Crippen molar-refractivity contribution >= 4 is 8.46 Å². The fourth-order valence-corrected chi connectivity index (χ4v) is 0.0833. The van der Waals surface area contributed by atoms with Crippen molar-refractivity contribution in [3.63, 3.8) is 0 Å². The molecule has 0 aromatic rings. The Bertz CT molecular complexity index is 49.2. The average molecular weight is 136 g/mol. The lowest BCUT2D eigenvalue weighted by Gasteiger charge is -2.10. The Labute approximate surface area is 50.2 Å². The van der Waals surface area contributed by atoms with Crippen LogP contribution in [0.15, 0.2) is 0 Å². The zero-order chi connectivity index (χ0) is 6.24. The van der Waals surface area contributed by atoms with Gasteiger partial charge in [0.25, 0.3) is 0 Å². The fourth-order valence-electron chi connectivity index (χ4n) is 0.0833. The van der Waals surface area contributed by atoms with Gasteiger partial charge in [-0.05, 0) is 0 Å². The van der Waals surface area contributed by atoms with Gasteiger partial charge in [-0.2, -0.15) is 0 Å². The second kappa shape index (κ2) is 7.02. The monoisotopic (exact) mass is 136 g/mol. The lowest BCUT2D eigenvalue weighted by Crippen LogP contribution is -2.14. The molecule has 1 heterocycles. The summed E-state index contributed by atoms with van der Waals surface area (Å²) in [7, 11) is 0.248. The summed E-state index contributed by atoms with van der Waals surface area (Å²) in [6.07, 6.45) is 0.736. The minimum Gasteiger partial charge on any atom is -0.329 e. The van der Waals surface area contributed by atoms with Crippen molar-refractivity contribution in [2.45, 2.75) is 6.92 Å². The third kappa shape index (κ3) is 6.02. The fraction of sp³-hybridized carbons (Fsp3) is 1.00. The second-order valence-electron chi connectivity index (χ2n) is 1.09. The highest BCUT2D eigenvalue weighted by Gasteiger charge is 1.93. The first-order chi connectivity index (χ1) is 3.91. The molecule has 0 atom stereocenters. The molecule has 8 heavy (non-hydrogen) atoms. The first-order valence-electron chi connectivity index (χ1n) is 2.36. The van der Waals surface area contributed by atoms with E-state index in [0.29, 0.717) is 13.6 Å². The van der Waals surface area contributed by atoms with Gasteiger partial charge in [-0.25, -0.2) is 0 Å². The highest BCUT2D eigenvalue weighted by Crippen LogP contribution is 1.87. The van der Waals surface area contributed by atoms with Crippen molar-refractivity contribution in [1.82, 2.24) is 0 Å². The second-order valence-corrected chi connectivity index (χ2v) is 1.98. The van der Waals surface area contributed by atoms with Gasteiger partial charge in [0.2, 0.25) is 0 Å². The van der Waals surface area contributed by atoms with Crippen LogP contribution in [-0.4, -0.2) is 19.7 Å². The molecule has 0 saturated carbocycles. The largest absolute Gasteiger partial charge is 0.329 e. The number of rotatable bonds is 1.